The number of carbonyl (C=O) groups excluding carboxylic acids is 2. The summed E-state index contributed by atoms with van der Waals surface area (Å²) in [5.41, 5.74) is 1.94. The Labute approximate surface area is 197 Å². The van der Waals surface area contributed by atoms with Gasteiger partial charge < -0.3 is 19.7 Å². The number of ether oxygens (including phenoxy) is 2. The minimum atomic E-state index is -0.478. The van der Waals surface area contributed by atoms with Gasteiger partial charge in [-0.2, -0.15) is 0 Å². The second kappa shape index (κ2) is 11.3. The molecule has 6 heteroatoms. The molecule has 0 bridgehead atoms. The lowest BCUT2D eigenvalue weighted by molar-refractivity contribution is -0.116. The van der Waals surface area contributed by atoms with E-state index in [-0.39, 0.29) is 28.6 Å². The normalized spacial score (nSPS) is 10.9. The van der Waals surface area contributed by atoms with Crippen LogP contribution < -0.4 is 9.47 Å². The molecule has 172 valence electrons. The lowest BCUT2D eigenvalue weighted by atomic mass is 10.0. The summed E-state index contributed by atoms with van der Waals surface area (Å²) in [6.07, 6.45) is 7.23. The van der Waals surface area contributed by atoms with Crippen molar-refractivity contribution in [2.45, 2.75) is 0 Å². The SMILES string of the molecule is COc1cc(/C=C/C(=O)C(=Cc2ccccc2)C(=O)/C=C/c2ccc(O)c(OC)c2)ccc1O. The molecule has 6 nitrogen and oxygen atoms in total. The number of allylic oxidation sites excluding steroid dienone is 3. The number of phenolic OH excluding ortho intramolecular Hbond substituents is 2. The number of ketones is 2. The van der Waals surface area contributed by atoms with Crippen molar-refractivity contribution >= 4 is 29.8 Å². The first-order valence-electron chi connectivity index (χ1n) is 10.4. The van der Waals surface area contributed by atoms with Gasteiger partial charge in [-0.05, 0) is 59.2 Å². The minimum absolute atomic E-state index is 0.0122. The Morgan fingerprint density at radius 2 is 1.15 bits per heavy atom. The van der Waals surface area contributed by atoms with Crippen LogP contribution in [0.1, 0.15) is 16.7 Å². The molecular weight excluding hydrogens is 432 g/mol. The third kappa shape index (κ3) is 6.23. The highest BCUT2D eigenvalue weighted by Crippen LogP contribution is 2.28. The number of carbonyl (C=O) groups is 2. The van der Waals surface area contributed by atoms with Crippen LogP contribution in [0.25, 0.3) is 18.2 Å². The van der Waals surface area contributed by atoms with Crippen molar-refractivity contribution in [1.29, 1.82) is 0 Å². The summed E-state index contributed by atoms with van der Waals surface area (Å²) in [4.78, 5) is 26.0. The van der Waals surface area contributed by atoms with Gasteiger partial charge in [-0.3, -0.25) is 9.59 Å². The molecule has 0 saturated heterocycles. The number of hydrogen-bond donors (Lipinski definition) is 2. The first-order chi connectivity index (χ1) is 16.4. The summed E-state index contributed by atoms with van der Waals surface area (Å²) >= 11 is 0. The van der Waals surface area contributed by atoms with Gasteiger partial charge in [0.15, 0.2) is 34.6 Å². The van der Waals surface area contributed by atoms with Crippen LogP contribution in [0, 0.1) is 0 Å². The second-order valence-corrected chi connectivity index (χ2v) is 7.23. The van der Waals surface area contributed by atoms with Crippen LogP contribution in [0.2, 0.25) is 0 Å². The largest absolute Gasteiger partial charge is 0.504 e. The number of rotatable bonds is 9. The van der Waals surface area contributed by atoms with Gasteiger partial charge in [-0.1, -0.05) is 54.6 Å². The number of hydrogen-bond acceptors (Lipinski definition) is 6. The van der Waals surface area contributed by atoms with E-state index in [0.29, 0.717) is 16.7 Å². The average molecular weight is 456 g/mol. The fraction of sp³-hybridized carbons (Fsp3) is 0.0714. The van der Waals surface area contributed by atoms with Gasteiger partial charge in [0, 0.05) is 0 Å². The lowest BCUT2D eigenvalue weighted by Crippen LogP contribution is -2.08. The molecule has 2 N–H and O–H groups in total. The highest BCUT2D eigenvalue weighted by atomic mass is 16.5. The Morgan fingerprint density at radius 1 is 0.676 bits per heavy atom. The number of aromatic hydroxyl groups is 2. The molecule has 0 atom stereocenters. The van der Waals surface area contributed by atoms with E-state index in [9.17, 15) is 19.8 Å². The Kier molecular flexibility index (Phi) is 8.02. The zero-order valence-corrected chi connectivity index (χ0v) is 18.8. The van der Waals surface area contributed by atoms with Crippen molar-refractivity contribution in [1.82, 2.24) is 0 Å². The van der Waals surface area contributed by atoms with Gasteiger partial charge in [0.05, 0.1) is 19.8 Å². The third-order valence-corrected chi connectivity index (χ3v) is 4.90. The Morgan fingerprint density at radius 3 is 1.59 bits per heavy atom. The zero-order valence-electron chi connectivity index (χ0n) is 18.8. The molecule has 3 aromatic rings. The Bertz CT molecular complexity index is 1190. The molecule has 0 aliphatic heterocycles. The van der Waals surface area contributed by atoms with Crippen LogP contribution in [0.15, 0.2) is 84.5 Å². The van der Waals surface area contributed by atoms with E-state index in [1.54, 1.807) is 48.6 Å². The standard InChI is InChI=1S/C28H24O6/c1-33-27-17-20(10-14-25(27)31)8-12-23(29)22(16-19-6-4-3-5-7-19)24(30)13-9-21-11-15-26(32)28(18-21)34-2/h3-18,31-32H,1-2H3/b12-8+,13-9+. The van der Waals surface area contributed by atoms with Crippen LogP contribution in [-0.2, 0) is 9.59 Å². The summed E-state index contributed by atoms with van der Waals surface area (Å²) in [6, 6.07) is 18.4. The van der Waals surface area contributed by atoms with E-state index in [4.69, 9.17) is 9.47 Å². The van der Waals surface area contributed by atoms with Crippen molar-refractivity contribution in [2.24, 2.45) is 0 Å². The van der Waals surface area contributed by atoms with Crippen LogP contribution in [-0.4, -0.2) is 36.0 Å². The quantitative estimate of drug-likeness (QED) is 0.266. The molecule has 0 aliphatic carbocycles. The molecule has 0 spiro atoms. The van der Waals surface area contributed by atoms with Gasteiger partial charge in [0.1, 0.15) is 0 Å². The maximum Gasteiger partial charge on any atom is 0.189 e. The molecule has 34 heavy (non-hydrogen) atoms. The van der Waals surface area contributed by atoms with Crippen molar-refractivity contribution in [3.63, 3.8) is 0 Å². The molecular formula is C28H24O6. The summed E-state index contributed by atoms with van der Waals surface area (Å²) < 4.78 is 10.2. The van der Waals surface area contributed by atoms with Crippen molar-refractivity contribution in [3.8, 4) is 23.0 Å². The molecule has 0 fully saturated rings. The molecule has 0 aliphatic rings. The summed E-state index contributed by atoms with van der Waals surface area (Å²) in [7, 11) is 2.87. The topological polar surface area (TPSA) is 93.1 Å². The molecule has 0 radical (unpaired) electrons. The van der Waals surface area contributed by atoms with E-state index in [1.807, 2.05) is 18.2 Å². The second-order valence-electron chi connectivity index (χ2n) is 7.23. The van der Waals surface area contributed by atoms with Crippen molar-refractivity contribution < 1.29 is 29.3 Å². The number of phenols is 2. The molecule has 3 aromatic carbocycles. The molecule has 0 heterocycles. The summed E-state index contributed by atoms with van der Waals surface area (Å²) in [5, 5.41) is 19.5. The van der Waals surface area contributed by atoms with Crippen LogP contribution in [0.3, 0.4) is 0 Å². The summed E-state index contributed by atoms with van der Waals surface area (Å²) in [6.45, 7) is 0. The van der Waals surface area contributed by atoms with Crippen molar-refractivity contribution in [3.05, 3.63) is 101 Å². The number of benzene rings is 3. The monoisotopic (exact) mass is 456 g/mol. The van der Waals surface area contributed by atoms with Gasteiger partial charge in [0.2, 0.25) is 0 Å². The van der Waals surface area contributed by atoms with Gasteiger partial charge in [-0.15, -0.1) is 0 Å². The molecule has 3 rings (SSSR count). The van der Waals surface area contributed by atoms with E-state index in [0.717, 1.165) is 0 Å². The first-order valence-corrected chi connectivity index (χ1v) is 10.4. The van der Waals surface area contributed by atoms with Crippen LogP contribution in [0.5, 0.6) is 23.0 Å². The van der Waals surface area contributed by atoms with Gasteiger partial charge in [-0.25, -0.2) is 0 Å². The van der Waals surface area contributed by atoms with E-state index in [1.165, 1.54) is 44.6 Å². The molecule has 0 saturated carbocycles. The first kappa shape index (κ1) is 24.1. The smallest absolute Gasteiger partial charge is 0.189 e. The van der Waals surface area contributed by atoms with Crippen molar-refractivity contribution in [2.75, 3.05) is 14.2 Å². The van der Waals surface area contributed by atoms with Crippen LogP contribution >= 0.6 is 0 Å². The highest BCUT2D eigenvalue weighted by Gasteiger charge is 2.14. The molecule has 0 amide bonds. The highest BCUT2D eigenvalue weighted by molar-refractivity contribution is 6.31. The minimum Gasteiger partial charge on any atom is -0.504 e. The predicted octanol–water partition coefficient (Wildman–Crippen LogP) is 5.06. The fourth-order valence-corrected chi connectivity index (χ4v) is 3.10. The van der Waals surface area contributed by atoms with E-state index >= 15 is 0 Å². The van der Waals surface area contributed by atoms with E-state index < -0.39 is 11.6 Å². The predicted molar refractivity (Wildman–Crippen MR) is 132 cm³/mol. The number of methoxy groups -OCH3 is 2. The maximum absolute atomic E-state index is 13.0. The molecule has 0 aromatic heterocycles. The van der Waals surface area contributed by atoms with Gasteiger partial charge >= 0.3 is 0 Å². The molecule has 0 unspecified atom stereocenters. The summed E-state index contributed by atoms with van der Waals surface area (Å²) in [5.74, 6) is -0.428. The zero-order chi connectivity index (χ0) is 24.5. The Hall–Kier alpha value is -4.58. The van der Waals surface area contributed by atoms with E-state index in [2.05, 4.69) is 0 Å². The third-order valence-electron chi connectivity index (χ3n) is 4.90. The fourth-order valence-electron chi connectivity index (χ4n) is 3.10. The average Bonchev–Trinajstić information content (AvgIpc) is 2.86. The van der Waals surface area contributed by atoms with Crippen LogP contribution in [0.4, 0.5) is 0 Å². The lowest BCUT2D eigenvalue weighted by Gasteiger charge is -2.05. The Balaban J connectivity index is 1.90. The van der Waals surface area contributed by atoms with Gasteiger partial charge in [0.25, 0.3) is 0 Å². The maximum atomic E-state index is 13.0.